The summed E-state index contributed by atoms with van der Waals surface area (Å²) in [5.41, 5.74) is -5.85. The fourth-order valence-corrected chi connectivity index (χ4v) is 3.75. The zero-order valence-corrected chi connectivity index (χ0v) is 16.7. The number of carbonyl (C=O) groups is 1. The fraction of sp³-hybridized carbons (Fsp3) is 0.250. The fourth-order valence-electron chi connectivity index (χ4n) is 3.24. The molecule has 0 aromatic heterocycles. The van der Waals surface area contributed by atoms with Gasteiger partial charge in [-0.15, -0.1) is 0 Å². The summed E-state index contributed by atoms with van der Waals surface area (Å²) in [5, 5.41) is 0. The number of allylic oxidation sites excluding steroid dienone is 1. The highest BCUT2D eigenvalue weighted by Gasteiger charge is 2.49. The van der Waals surface area contributed by atoms with Crippen LogP contribution in [0.25, 0.3) is 11.3 Å². The van der Waals surface area contributed by atoms with E-state index >= 15 is 0 Å². The van der Waals surface area contributed by atoms with E-state index in [1.165, 1.54) is 18.2 Å². The summed E-state index contributed by atoms with van der Waals surface area (Å²) < 4.78 is 99.5. The van der Waals surface area contributed by atoms with E-state index in [1.807, 2.05) is 0 Å². The molecule has 0 fully saturated rings. The van der Waals surface area contributed by atoms with Crippen molar-refractivity contribution in [2.75, 3.05) is 7.11 Å². The van der Waals surface area contributed by atoms with E-state index in [4.69, 9.17) is 0 Å². The molecule has 31 heavy (non-hydrogen) atoms. The van der Waals surface area contributed by atoms with Gasteiger partial charge in [0.15, 0.2) is 5.76 Å². The molecule has 0 unspecified atom stereocenters. The normalized spacial score (nSPS) is 14.6. The van der Waals surface area contributed by atoms with Gasteiger partial charge in [-0.3, -0.25) is 0 Å². The van der Waals surface area contributed by atoms with Crippen LogP contribution in [0.15, 0.2) is 36.4 Å². The Bertz CT molecular complexity index is 1170. The Morgan fingerprint density at radius 3 is 2.29 bits per heavy atom. The van der Waals surface area contributed by atoms with Gasteiger partial charge in [-0.2, -0.15) is 21.6 Å². The van der Waals surface area contributed by atoms with Gasteiger partial charge in [-0.1, -0.05) is 6.07 Å². The monoisotopic (exact) mass is 462 g/mol. The van der Waals surface area contributed by atoms with E-state index in [0.717, 1.165) is 19.2 Å². The molecule has 0 spiro atoms. The second-order valence-corrected chi connectivity index (χ2v) is 8.17. The minimum atomic E-state index is -6.10. The van der Waals surface area contributed by atoms with Crippen LogP contribution in [0.1, 0.15) is 39.9 Å². The predicted molar refractivity (Wildman–Crippen MR) is 100.0 cm³/mol. The Labute approximate surface area is 174 Å². The van der Waals surface area contributed by atoms with E-state index in [0.29, 0.717) is 11.6 Å². The second kappa shape index (κ2) is 8.29. The average molecular weight is 462 g/mol. The van der Waals surface area contributed by atoms with E-state index < -0.39 is 39.0 Å². The van der Waals surface area contributed by atoms with Gasteiger partial charge in [0, 0.05) is 22.8 Å². The van der Waals surface area contributed by atoms with Crippen LogP contribution in [0.5, 0.6) is 0 Å². The summed E-state index contributed by atoms with van der Waals surface area (Å²) in [5.74, 6) is -3.43. The third-order valence-corrected chi connectivity index (χ3v) is 5.60. The second-order valence-electron chi connectivity index (χ2n) is 6.63. The first-order chi connectivity index (χ1) is 14.4. The predicted octanol–water partition coefficient (Wildman–Crippen LogP) is 4.82. The summed E-state index contributed by atoms with van der Waals surface area (Å²) in [7, 11) is -4.95. The number of rotatable bonds is 4. The van der Waals surface area contributed by atoms with Crippen LogP contribution >= 0.6 is 0 Å². The first-order valence-electron chi connectivity index (χ1n) is 8.85. The molecule has 1 aliphatic rings. The number of carbonyl (C=O) groups excluding carboxylic acids is 1. The van der Waals surface area contributed by atoms with E-state index in [2.05, 4.69) is 8.92 Å². The molecule has 0 aliphatic heterocycles. The quantitative estimate of drug-likeness (QED) is 0.282. The van der Waals surface area contributed by atoms with E-state index in [9.17, 15) is 35.2 Å². The highest BCUT2D eigenvalue weighted by atomic mass is 32.2. The lowest BCUT2D eigenvalue weighted by Crippen LogP contribution is -2.25. The number of aryl methyl sites for hydroxylation is 1. The van der Waals surface area contributed by atoms with Crippen molar-refractivity contribution in [3.05, 3.63) is 70.3 Å². The summed E-state index contributed by atoms with van der Waals surface area (Å²) in [6.07, 6.45) is 0.432. The summed E-state index contributed by atoms with van der Waals surface area (Å²) >= 11 is 0. The topological polar surface area (TPSA) is 69.7 Å². The van der Waals surface area contributed by atoms with Crippen LogP contribution in [0.4, 0.5) is 22.0 Å². The van der Waals surface area contributed by atoms with Gasteiger partial charge in [0.2, 0.25) is 0 Å². The summed E-state index contributed by atoms with van der Waals surface area (Å²) in [6, 6.07) is 6.19. The first-order valence-corrected chi connectivity index (χ1v) is 10.3. The number of fused-ring (bicyclic) bond motifs is 1. The summed E-state index contributed by atoms with van der Waals surface area (Å²) in [6.45, 7) is 0. The van der Waals surface area contributed by atoms with Crippen molar-refractivity contribution in [3.8, 4) is 0 Å². The maximum Gasteiger partial charge on any atom is 0.534 e. The molecule has 0 radical (unpaired) electrons. The molecule has 1 aliphatic carbocycles. The first kappa shape index (κ1) is 22.7. The number of hydrogen-bond donors (Lipinski definition) is 0. The van der Waals surface area contributed by atoms with Crippen LogP contribution in [-0.2, 0) is 25.5 Å². The number of esters is 1. The molecule has 0 atom stereocenters. The van der Waals surface area contributed by atoms with Gasteiger partial charge in [-0.25, -0.2) is 13.6 Å². The van der Waals surface area contributed by atoms with Gasteiger partial charge >= 0.3 is 21.6 Å². The third-order valence-electron chi connectivity index (χ3n) is 4.65. The molecule has 0 heterocycles. The molecule has 3 rings (SSSR count). The van der Waals surface area contributed by atoms with Gasteiger partial charge in [0.05, 0.1) is 12.7 Å². The average Bonchev–Trinajstić information content (AvgIpc) is 2.85. The highest BCUT2D eigenvalue weighted by Crippen LogP contribution is 2.40. The molecule has 5 nitrogen and oxygen atoms in total. The standard InChI is InChI=1S/C20H15F5O5S/c1-29-19(26)12-5-7-14-11(9-12)3-2-4-16(15-8-6-13(21)10-17(15)22)18(14)30-31(27,28)20(23,24)25/h5-10H,2-4H2,1H3. The molecule has 2 aromatic rings. The van der Waals surface area contributed by atoms with E-state index in [-0.39, 0.29) is 41.5 Å². The SMILES string of the molecule is COC(=O)c1ccc2c(c1)CCCC(c1ccc(F)cc1F)=C2OS(=O)(=O)C(F)(F)F. The molecular formula is C20H15F5O5S. The minimum absolute atomic E-state index is 0.0586. The number of ether oxygens (including phenoxy) is 1. The van der Waals surface area contributed by atoms with Crippen LogP contribution < -0.4 is 0 Å². The molecule has 0 saturated heterocycles. The maximum atomic E-state index is 14.4. The zero-order valence-electron chi connectivity index (χ0n) is 15.9. The molecule has 0 saturated carbocycles. The molecule has 0 N–H and O–H groups in total. The number of halogens is 5. The number of hydrogen-bond acceptors (Lipinski definition) is 5. The third kappa shape index (κ3) is 4.55. The lowest BCUT2D eigenvalue weighted by atomic mass is 9.97. The highest BCUT2D eigenvalue weighted by molar-refractivity contribution is 7.87. The van der Waals surface area contributed by atoms with Crippen LogP contribution in [0.3, 0.4) is 0 Å². The maximum absolute atomic E-state index is 14.4. The summed E-state index contributed by atoms with van der Waals surface area (Å²) in [4.78, 5) is 11.8. The Morgan fingerprint density at radius 1 is 1.00 bits per heavy atom. The van der Waals surface area contributed by atoms with Crippen LogP contribution in [0, 0.1) is 11.6 Å². The zero-order chi connectivity index (χ0) is 23.0. The van der Waals surface area contributed by atoms with Gasteiger partial charge < -0.3 is 8.92 Å². The van der Waals surface area contributed by atoms with Gasteiger partial charge in [0.25, 0.3) is 0 Å². The van der Waals surface area contributed by atoms with Crippen LogP contribution in [0.2, 0.25) is 0 Å². The van der Waals surface area contributed by atoms with Crippen LogP contribution in [-0.4, -0.2) is 27.0 Å². The van der Waals surface area contributed by atoms with Crippen molar-refractivity contribution in [2.45, 2.75) is 24.8 Å². The van der Waals surface area contributed by atoms with Crippen molar-refractivity contribution in [1.29, 1.82) is 0 Å². The molecule has 2 aromatic carbocycles. The van der Waals surface area contributed by atoms with E-state index in [1.54, 1.807) is 0 Å². The van der Waals surface area contributed by atoms with Gasteiger partial charge in [0.1, 0.15) is 11.6 Å². The Balaban J connectivity index is 2.28. The number of benzene rings is 2. The Hall–Kier alpha value is -2.95. The van der Waals surface area contributed by atoms with Crippen molar-refractivity contribution >= 4 is 27.4 Å². The number of alkyl halides is 3. The number of methoxy groups -OCH3 is 1. The lowest BCUT2D eigenvalue weighted by molar-refractivity contribution is -0.0509. The van der Waals surface area contributed by atoms with Crippen molar-refractivity contribution in [1.82, 2.24) is 0 Å². The minimum Gasteiger partial charge on any atom is -0.465 e. The van der Waals surface area contributed by atoms with Crippen molar-refractivity contribution < 1.29 is 44.1 Å². The molecule has 11 heteroatoms. The van der Waals surface area contributed by atoms with Crippen molar-refractivity contribution in [2.24, 2.45) is 0 Å². The molecule has 166 valence electrons. The molecule has 0 bridgehead atoms. The Morgan fingerprint density at radius 2 is 1.68 bits per heavy atom. The molecular weight excluding hydrogens is 447 g/mol. The largest absolute Gasteiger partial charge is 0.534 e. The smallest absolute Gasteiger partial charge is 0.465 e. The van der Waals surface area contributed by atoms with Gasteiger partial charge in [-0.05, 0) is 49.1 Å². The van der Waals surface area contributed by atoms with Crippen molar-refractivity contribution in [3.63, 3.8) is 0 Å². The molecule has 0 amide bonds. The Kier molecular flexibility index (Phi) is 6.08. The lowest BCUT2D eigenvalue weighted by Gasteiger charge is -2.18.